The van der Waals surface area contributed by atoms with E-state index in [0.29, 0.717) is 11.3 Å². The monoisotopic (exact) mass is 325 g/mol. The molecule has 2 aromatic rings. The minimum atomic E-state index is -0.0739. The molecule has 4 rings (SSSR count). The number of carbonyl (C=O) groups is 2. The zero-order valence-electron chi connectivity index (χ0n) is 13.2. The summed E-state index contributed by atoms with van der Waals surface area (Å²) in [4.78, 5) is 30.9. The second kappa shape index (κ2) is 6.07. The van der Waals surface area contributed by atoms with Gasteiger partial charge in [0.15, 0.2) is 0 Å². The van der Waals surface area contributed by atoms with E-state index in [1.807, 2.05) is 4.90 Å². The van der Waals surface area contributed by atoms with E-state index in [1.54, 1.807) is 36.8 Å². The van der Waals surface area contributed by atoms with E-state index in [2.05, 4.69) is 20.5 Å². The van der Waals surface area contributed by atoms with Crippen molar-refractivity contribution in [3.63, 3.8) is 0 Å². The van der Waals surface area contributed by atoms with Crippen LogP contribution in [-0.2, 0) is 0 Å². The quantitative estimate of drug-likeness (QED) is 0.892. The third-order valence-corrected chi connectivity index (χ3v) is 4.98. The largest absolute Gasteiger partial charge is 0.349 e. The summed E-state index contributed by atoms with van der Waals surface area (Å²) in [6, 6.07) is 5.60. The molecule has 7 heteroatoms. The van der Waals surface area contributed by atoms with Gasteiger partial charge in [0.1, 0.15) is 5.69 Å². The summed E-state index contributed by atoms with van der Waals surface area (Å²) in [5.41, 5.74) is 1.15. The predicted octanol–water partition coefficient (Wildman–Crippen LogP) is 1.37. The van der Waals surface area contributed by atoms with Gasteiger partial charge in [0, 0.05) is 42.3 Å². The summed E-state index contributed by atoms with van der Waals surface area (Å²) in [6.45, 7) is 0. The molecular weight excluding hydrogens is 306 g/mol. The van der Waals surface area contributed by atoms with Gasteiger partial charge in [0.25, 0.3) is 11.8 Å². The lowest BCUT2D eigenvalue weighted by atomic mass is 9.96. The molecule has 2 aromatic heterocycles. The van der Waals surface area contributed by atoms with E-state index in [-0.39, 0.29) is 29.9 Å². The SMILES string of the molecule is O=C(NC1C[C@H]2CC[C@@H](C1)N2C(=O)c1ccn[nH]1)c1ccncc1. The van der Waals surface area contributed by atoms with Crippen molar-refractivity contribution in [2.24, 2.45) is 0 Å². The number of amides is 2. The molecule has 2 bridgehead atoms. The van der Waals surface area contributed by atoms with E-state index in [9.17, 15) is 9.59 Å². The van der Waals surface area contributed by atoms with Crippen molar-refractivity contribution < 1.29 is 9.59 Å². The van der Waals surface area contributed by atoms with Crippen LogP contribution < -0.4 is 5.32 Å². The van der Waals surface area contributed by atoms with Gasteiger partial charge in [-0.15, -0.1) is 0 Å². The fourth-order valence-corrected chi connectivity index (χ4v) is 3.91. The minimum Gasteiger partial charge on any atom is -0.349 e. The average Bonchev–Trinajstić information content (AvgIpc) is 3.22. The summed E-state index contributed by atoms with van der Waals surface area (Å²) in [7, 11) is 0. The highest BCUT2D eigenvalue weighted by atomic mass is 16.2. The number of pyridine rings is 1. The van der Waals surface area contributed by atoms with Gasteiger partial charge in [-0.1, -0.05) is 0 Å². The van der Waals surface area contributed by atoms with Crippen LogP contribution in [-0.4, -0.2) is 50.0 Å². The van der Waals surface area contributed by atoms with E-state index in [0.717, 1.165) is 25.7 Å². The highest BCUT2D eigenvalue weighted by Gasteiger charge is 2.44. The number of carbonyl (C=O) groups excluding carboxylic acids is 2. The Morgan fingerprint density at radius 3 is 2.42 bits per heavy atom. The van der Waals surface area contributed by atoms with Crippen molar-refractivity contribution in [2.75, 3.05) is 0 Å². The molecule has 0 aromatic carbocycles. The Morgan fingerprint density at radius 1 is 1.08 bits per heavy atom. The molecule has 2 aliphatic heterocycles. The molecule has 1 unspecified atom stereocenters. The molecule has 0 saturated carbocycles. The number of rotatable bonds is 3. The highest BCUT2D eigenvalue weighted by molar-refractivity contribution is 5.94. The molecule has 7 nitrogen and oxygen atoms in total. The van der Waals surface area contributed by atoms with Gasteiger partial charge in [-0.25, -0.2) is 0 Å². The van der Waals surface area contributed by atoms with Crippen molar-refractivity contribution in [3.05, 3.63) is 48.0 Å². The third-order valence-electron chi connectivity index (χ3n) is 4.98. The van der Waals surface area contributed by atoms with Crippen molar-refractivity contribution in [3.8, 4) is 0 Å². The number of H-pyrrole nitrogens is 1. The van der Waals surface area contributed by atoms with Crippen LogP contribution in [0.2, 0.25) is 0 Å². The molecule has 4 heterocycles. The Balaban J connectivity index is 1.43. The number of nitrogens with one attached hydrogen (secondary N) is 2. The molecule has 24 heavy (non-hydrogen) atoms. The number of fused-ring (bicyclic) bond motifs is 2. The van der Waals surface area contributed by atoms with Gasteiger partial charge in [-0.05, 0) is 43.9 Å². The van der Waals surface area contributed by atoms with E-state index < -0.39 is 0 Å². The highest BCUT2D eigenvalue weighted by Crippen LogP contribution is 2.36. The number of hydrogen-bond acceptors (Lipinski definition) is 4. The van der Waals surface area contributed by atoms with Crippen LogP contribution in [0.1, 0.15) is 46.5 Å². The lowest BCUT2D eigenvalue weighted by Gasteiger charge is -2.39. The predicted molar refractivity (Wildman–Crippen MR) is 86.3 cm³/mol. The fraction of sp³-hybridized carbons (Fsp3) is 0.412. The maximum atomic E-state index is 12.6. The van der Waals surface area contributed by atoms with Crippen LogP contribution in [0.15, 0.2) is 36.8 Å². The standard InChI is InChI=1S/C17H19N5O2/c23-16(11-3-6-18-7-4-11)20-12-9-13-1-2-14(10-12)22(13)17(24)15-5-8-19-21-15/h3-8,12-14H,1-2,9-10H2,(H,19,21)(H,20,23)/t12?,13-,14+. The first-order valence-electron chi connectivity index (χ1n) is 8.25. The van der Waals surface area contributed by atoms with Crippen LogP contribution in [0.4, 0.5) is 0 Å². The minimum absolute atomic E-state index is 0.0129. The number of piperidine rings is 1. The maximum absolute atomic E-state index is 12.6. The molecule has 3 atom stereocenters. The van der Waals surface area contributed by atoms with Gasteiger partial charge in [-0.3, -0.25) is 19.7 Å². The van der Waals surface area contributed by atoms with Gasteiger partial charge in [0.05, 0.1) is 0 Å². The molecule has 2 amide bonds. The number of hydrogen-bond donors (Lipinski definition) is 2. The Kier molecular flexibility index (Phi) is 3.76. The number of nitrogens with zero attached hydrogens (tertiary/aromatic N) is 3. The van der Waals surface area contributed by atoms with Crippen LogP contribution in [0.5, 0.6) is 0 Å². The van der Waals surface area contributed by atoms with Crippen molar-refractivity contribution in [2.45, 2.75) is 43.8 Å². The van der Waals surface area contributed by atoms with Gasteiger partial charge in [-0.2, -0.15) is 5.10 Å². The summed E-state index contributed by atoms with van der Waals surface area (Å²) < 4.78 is 0. The lowest BCUT2D eigenvalue weighted by molar-refractivity contribution is 0.0543. The van der Waals surface area contributed by atoms with Gasteiger partial charge in [0.2, 0.25) is 0 Å². The van der Waals surface area contributed by atoms with Crippen LogP contribution in [0.3, 0.4) is 0 Å². The summed E-state index contributed by atoms with van der Waals surface area (Å²) in [6.07, 6.45) is 8.41. The summed E-state index contributed by atoms with van der Waals surface area (Å²) in [5.74, 6) is -0.0611. The van der Waals surface area contributed by atoms with E-state index in [4.69, 9.17) is 0 Å². The van der Waals surface area contributed by atoms with Crippen molar-refractivity contribution >= 4 is 11.8 Å². The zero-order chi connectivity index (χ0) is 16.5. The smallest absolute Gasteiger partial charge is 0.272 e. The molecule has 0 radical (unpaired) electrons. The normalized spacial score (nSPS) is 25.5. The van der Waals surface area contributed by atoms with E-state index >= 15 is 0 Å². The second-order valence-corrected chi connectivity index (χ2v) is 6.45. The number of aromatic amines is 1. The second-order valence-electron chi connectivity index (χ2n) is 6.45. The first-order valence-corrected chi connectivity index (χ1v) is 8.25. The molecule has 2 fully saturated rings. The molecule has 124 valence electrons. The van der Waals surface area contributed by atoms with Gasteiger partial charge < -0.3 is 10.2 Å². The van der Waals surface area contributed by atoms with Crippen LogP contribution in [0, 0.1) is 0 Å². The average molecular weight is 325 g/mol. The Bertz CT molecular complexity index is 717. The zero-order valence-corrected chi connectivity index (χ0v) is 13.2. The van der Waals surface area contributed by atoms with Crippen molar-refractivity contribution in [1.29, 1.82) is 0 Å². The lowest BCUT2D eigenvalue weighted by Crippen LogP contribution is -2.52. The van der Waals surface area contributed by atoms with Crippen molar-refractivity contribution in [1.82, 2.24) is 25.4 Å². The van der Waals surface area contributed by atoms with Crippen LogP contribution >= 0.6 is 0 Å². The molecule has 2 saturated heterocycles. The maximum Gasteiger partial charge on any atom is 0.272 e. The van der Waals surface area contributed by atoms with Gasteiger partial charge >= 0.3 is 0 Å². The van der Waals surface area contributed by atoms with Crippen LogP contribution in [0.25, 0.3) is 0 Å². The topological polar surface area (TPSA) is 91.0 Å². The third kappa shape index (κ3) is 2.66. The molecule has 2 aliphatic rings. The Hall–Kier alpha value is -2.70. The summed E-state index contributed by atoms with van der Waals surface area (Å²) >= 11 is 0. The molecule has 0 spiro atoms. The Morgan fingerprint density at radius 2 is 1.79 bits per heavy atom. The number of aromatic nitrogens is 3. The first kappa shape index (κ1) is 14.9. The van der Waals surface area contributed by atoms with E-state index in [1.165, 1.54) is 0 Å². The fourth-order valence-electron chi connectivity index (χ4n) is 3.91. The summed E-state index contributed by atoms with van der Waals surface area (Å²) in [5, 5.41) is 9.72. The first-order chi connectivity index (χ1) is 11.7. The molecular formula is C17H19N5O2. The molecule has 0 aliphatic carbocycles. The molecule has 2 N–H and O–H groups in total. The Labute approximate surface area is 139 Å².